The van der Waals surface area contributed by atoms with Crippen LogP contribution < -0.4 is 10.6 Å². The standard InChI is InChI=1S/C19H15F4N3O3S/c1-2-29-16(28)18(19(21,22)23,25-15(27)11-7-3-4-8-12(11)20)26-17-24-13-9-5-6-10-14(13)30-17/h3-10H,2H2,1H3,(H,24,26)(H,25,27)/t18-/m0/s1. The Bertz CT molecular complexity index is 1050. The van der Waals surface area contributed by atoms with Gasteiger partial charge in [-0.15, -0.1) is 0 Å². The molecular weight excluding hydrogens is 426 g/mol. The van der Waals surface area contributed by atoms with Crippen LogP contribution in [0.4, 0.5) is 22.7 Å². The van der Waals surface area contributed by atoms with Crippen molar-refractivity contribution in [2.45, 2.75) is 18.8 Å². The van der Waals surface area contributed by atoms with Gasteiger partial charge in [0.1, 0.15) is 5.82 Å². The van der Waals surface area contributed by atoms with Crippen molar-refractivity contribution in [2.75, 3.05) is 11.9 Å². The highest BCUT2D eigenvalue weighted by Crippen LogP contribution is 2.36. The molecule has 3 rings (SSSR count). The average molecular weight is 441 g/mol. The van der Waals surface area contributed by atoms with Crippen molar-refractivity contribution in [3.63, 3.8) is 0 Å². The Morgan fingerprint density at radius 1 is 1.10 bits per heavy atom. The van der Waals surface area contributed by atoms with E-state index in [2.05, 4.69) is 9.72 Å². The van der Waals surface area contributed by atoms with Crippen LogP contribution in [-0.4, -0.2) is 35.3 Å². The molecular formula is C19H15F4N3O3S. The molecule has 0 fully saturated rings. The van der Waals surface area contributed by atoms with Gasteiger partial charge in [0.05, 0.1) is 22.4 Å². The minimum atomic E-state index is -5.35. The molecule has 0 bridgehead atoms. The topological polar surface area (TPSA) is 80.3 Å². The molecule has 0 unspecified atom stereocenters. The fourth-order valence-corrected chi connectivity index (χ4v) is 3.52. The third kappa shape index (κ3) is 4.06. The quantitative estimate of drug-likeness (QED) is 0.342. The minimum absolute atomic E-state index is 0.282. The maximum Gasteiger partial charge on any atom is 0.442 e. The number of carbonyl (C=O) groups is 2. The Balaban J connectivity index is 2.07. The number of esters is 1. The summed E-state index contributed by atoms with van der Waals surface area (Å²) in [6.45, 7) is 0.934. The van der Waals surface area contributed by atoms with E-state index in [0.29, 0.717) is 10.2 Å². The second-order valence-corrected chi connectivity index (χ2v) is 7.04. The Kier molecular flexibility index (Phi) is 5.92. The number of aromatic nitrogens is 1. The number of fused-ring (bicyclic) bond motifs is 1. The molecule has 0 spiro atoms. The fourth-order valence-electron chi connectivity index (χ4n) is 2.60. The molecule has 30 heavy (non-hydrogen) atoms. The Hall–Kier alpha value is -3.21. The van der Waals surface area contributed by atoms with Gasteiger partial charge in [-0.05, 0) is 31.2 Å². The average Bonchev–Trinajstić information content (AvgIpc) is 3.09. The Labute approximate surface area is 171 Å². The van der Waals surface area contributed by atoms with Gasteiger partial charge >= 0.3 is 17.8 Å². The number of thiazole rings is 1. The summed E-state index contributed by atoms with van der Waals surface area (Å²) in [6, 6.07) is 11.0. The van der Waals surface area contributed by atoms with Crippen molar-refractivity contribution in [1.29, 1.82) is 0 Å². The van der Waals surface area contributed by atoms with Crippen LogP contribution >= 0.6 is 11.3 Å². The zero-order valence-electron chi connectivity index (χ0n) is 15.4. The van der Waals surface area contributed by atoms with Crippen LogP contribution in [-0.2, 0) is 9.53 Å². The van der Waals surface area contributed by atoms with E-state index in [4.69, 9.17) is 0 Å². The largest absolute Gasteiger partial charge is 0.463 e. The molecule has 0 aliphatic rings. The number of anilines is 1. The molecule has 3 aromatic rings. The van der Waals surface area contributed by atoms with Crippen molar-refractivity contribution >= 4 is 38.6 Å². The molecule has 1 heterocycles. The van der Waals surface area contributed by atoms with E-state index < -0.39 is 35.1 Å². The van der Waals surface area contributed by atoms with E-state index in [9.17, 15) is 27.2 Å². The molecule has 1 atom stereocenters. The number of alkyl halides is 3. The summed E-state index contributed by atoms with van der Waals surface area (Å²) in [4.78, 5) is 29.0. The maximum absolute atomic E-state index is 14.2. The summed E-state index contributed by atoms with van der Waals surface area (Å²) in [5, 5.41) is 3.28. The van der Waals surface area contributed by atoms with Crippen LogP contribution in [0.1, 0.15) is 17.3 Å². The van der Waals surface area contributed by atoms with Crippen molar-refractivity contribution in [2.24, 2.45) is 0 Å². The van der Waals surface area contributed by atoms with Crippen LogP contribution in [0.25, 0.3) is 10.2 Å². The summed E-state index contributed by atoms with van der Waals surface area (Å²) in [5.74, 6) is -4.30. The van der Waals surface area contributed by atoms with E-state index in [1.807, 2.05) is 5.32 Å². The minimum Gasteiger partial charge on any atom is -0.463 e. The van der Waals surface area contributed by atoms with E-state index in [0.717, 1.165) is 23.5 Å². The first kappa shape index (κ1) is 21.5. The first-order valence-corrected chi connectivity index (χ1v) is 9.44. The molecule has 0 radical (unpaired) electrons. The van der Waals surface area contributed by atoms with Crippen molar-refractivity contribution in [3.05, 3.63) is 59.9 Å². The van der Waals surface area contributed by atoms with Gasteiger partial charge in [-0.2, -0.15) is 13.2 Å². The normalized spacial score (nSPS) is 13.5. The third-order valence-corrected chi connectivity index (χ3v) is 4.97. The number of hydrogen-bond donors (Lipinski definition) is 2. The van der Waals surface area contributed by atoms with E-state index >= 15 is 0 Å². The van der Waals surface area contributed by atoms with Gasteiger partial charge in [0.15, 0.2) is 5.13 Å². The third-order valence-electron chi connectivity index (χ3n) is 4.01. The lowest BCUT2D eigenvalue weighted by Gasteiger charge is -2.34. The summed E-state index contributed by atoms with van der Waals surface area (Å²) < 4.78 is 61.6. The summed E-state index contributed by atoms with van der Waals surface area (Å²) >= 11 is 0.846. The van der Waals surface area contributed by atoms with Gasteiger partial charge in [-0.1, -0.05) is 35.6 Å². The first-order chi connectivity index (χ1) is 14.2. The molecule has 0 saturated heterocycles. The number of nitrogens with one attached hydrogen (secondary N) is 2. The SMILES string of the molecule is CCOC(=O)[C@](NC(=O)c1ccccc1F)(Nc1nc2ccccc2s1)C(F)(F)F. The number of nitrogens with zero attached hydrogens (tertiary/aromatic N) is 1. The molecule has 2 aromatic carbocycles. The number of para-hydroxylation sites is 1. The van der Waals surface area contributed by atoms with Gasteiger partial charge in [0.2, 0.25) is 0 Å². The van der Waals surface area contributed by atoms with E-state index in [1.165, 1.54) is 19.1 Å². The Morgan fingerprint density at radius 3 is 2.40 bits per heavy atom. The first-order valence-electron chi connectivity index (χ1n) is 8.62. The molecule has 0 aliphatic heterocycles. The van der Waals surface area contributed by atoms with E-state index in [-0.39, 0.29) is 11.7 Å². The maximum atomic E-state index is 14.2. The van der Waals surface area contributed by atoms with Crippen LogP contribution in [0.3, 0.4) is 0 Å². The second kappa shape index (κ2) is 8.27. The number of hydrogen-bond acceptors (Lipinski definition) is 6. The predicted molar refractivity (Wildman–Crippen MR) is 103 cm³/mol. The van der Waals surface area contributed by atoms with Crippen LogP contribution in [0, 0.1) is 5.82 Å². The molecule has 0 saturated carbocycles. The summed E-state index contributed by atoms with van der Waals surface area (Å²) in [7, 11) is 0. The summed E-state index contributed by atoms with van der Waals surface area (Å²) in [5.41, 5.74) is -3.96. The number of halogens is 4. The number of carbonyl (C=O) groups excluding carboxylic acids is 2. The molecule has 2 N–H and O–H groups in total. The molecule has 6 nitrogen and oxygen atoms in total. The van der Waals surface area contributed by atoms with Gasteiger partial charge in [0.25, 0.3) is 5.91 Å². The van der Waals surface area contributed by atoms with E-state index in [1.54, 1.807) is 29.6 Å². The molecule has 158 valence electrons. The van der Waals surface area contributed by atoms with Gasteiger partial charge in [-0.3, -0.25) is 4.79 Å². The van der Waals surface area contributed by atoms with Gasteiger partial charge in [0, 0.05) is 0 Å². The molecule has 1 amide bonds. The molecule has 0 aliphatic carbocycles. The zero-order valence-corrected chi connectivity index (χ0v) is 16.2. The predicted octanol–water partition coefficient (Wildman–Crippen LogP) is 4.10. The molecule has 11 heteroatoms. The monoisotopic (exact) mass is 441 g/mol. The number of ether oxygens (including phenoxy) is 1. The van der Waals surface area contributed by atoms with Crippen molar-refractivity contribution in [1.82, 2.24) is 10.3 Å². The van der Waals surface area contributed by atoms with Gasteiger partial charge < -0.3 is 15.4 Å². The lowest BCUT2D eigenvalue weighted by molar-refractivity contribution is -0.204. The summed E-state index contributed by atoms with van der Waals surface area (Å²) in [6.07, 6.45) is -5.35. The highest BCUT2D eigenvalue weighted by molar-refractivity contribution is 7.22. The molecule has 1 aromatic heterocycles. The second-order valence-electron chi connectivity index (χ2n) is 6.01. The fraction of sp³-hybridized carbons (Fsp3) is 0.211. The van der Waals surface area contributed by atoms with Crippen LogP contribution in [0.15, 0.2) is 48.5 Å². The van der Waals surface area contributed by atoms with Crippen molar-refractivity contribution < 1.29 is 31.9 Å². The Morgan fingerprint density at radius 2 is 1.77 bits per heavy atom. The number of amides is 1. The number of rotatable bonds is 6. The number of benzene rings is 2. The van der Waals surface area contributed by atoms with Gasteiger partial charge in [-0.25, -0.2) is 14.2 Å². The van der Waals surface area contributed by atoms with Crippen LogP contribution in [0.5, 0.6) is 0 Å². The lowest BCUT2D eigenvalue weighted by atomic mass is 10.1. The zero-order chi connectivity index (χ0) is 21.9. The smallest absolute Gasteiger partial charge is 0.442 e. The van der Waals surface area contributed by atoms with Crippen molar-refractivity contribution in [3.8, 4) is 0 Å². The highest BCUT2D eigenvalue weighted by Gasteiger charge is 2.64. The van der Waals surface area contributed by atoms with Crippen LogP contribution in [0.2, 0.25) is 0 Å². The lowest BCUT2D eigenvalue weighted by Crippen LogP contribution is -2.69. The highest BCUT2D eigenvalue weighted by atomic mass is 32.1.